The zero-order valence-corrected chi connectivity index (χ0v) is 10.7. The molecule has 0 radical (unpaired) electrons. The van der Waals surface area contributed by atoms with Gasteiger partial charge in [0.2, 0.25) is 0 Å². The normalized spacial score (nSPS) is 11.5. The summed E-state index contributed by atoms with van der Waals surface area (Å²) in [6.07, 6.45) is 0. The van der Waals surface area contributed by atoms with Gasteiger partial charge in [-0.25, -0.2) is 0 Å². The van der Waals surface area contributed by atoms with Crippen molar-refractivity contribution in [1.29, 1.82) is 5.26 Å². The Morgan fingerprint density at radius 2 is 1.94 bits per heavy atom. The summed E-state index contributed by atoms with van der Waals surface area (Å²) in [7, 11) is 5.17. The van der Waals surface area contributed by atoms with E-state index in [2.05, 4.69) is 6.07 Å². The Kier molecular flexibility index (Phi) is 4.65. The minimum absolute atomic E-state index is 0.00639. The molecule has 1 rings (SSSR count). The molecule has 1 atom stereocenters. The molecule has 1 aromatic carbocycles. The van der Waals surface area contributed by atoms with Crippen LogP contribution in [0.1, 0.15) is 6.92 Å². The maximum Gasteiger partial charge on any atom is 0.162 e. The Balaban J connectivity index is 2.88. The van der Waals surface area contributed by atoms with Crippen molar-refractivity contribution >= 4 is 5.69 Å². The monoisotopic (exact) mass is 234 g/mol. The molecule has 0 aliphatic rings. The van der Waals surface area contributed by atoms with E-state index >= 15 is 0 Å². The van der Waals surface area contributed by atoms with E-state index in [0.717, 1.165) is 5.69 Å². The molecule has 1 aromatic rings. The molecule has 0 saturated carbocycles. The molecule has 1 unspecified atom stereocenters. The lowest BCUT2D eigenvalue weighted by Gasteiger charge is -2.21. The molecule has 0 aliphatic heterocycles. The molecular formula is C13H18N2O2. The summed E-state index contributed by atoms with van der Waals surface area (Å²) in [6.45, 7) is 2.59. The van der Waals surface area contributed by atoms with Crippen molar-refractivity contribution in [2.45, 2.75) is 6.92 Å². The molecule has 0 aromatic heterocycles. The molecule has 0 bridgehead atoms. The van der Waals surface area contributed by atoms with Gasteiger partial charge in [-0.05, 0) is 19.1 Å². The lowest BCUT2D eigenvalue weighted by molar-refractivity contribution is 0.355. The Bertz CT molecular complexity index is 412. The van der Waals surface area contributed by atoms with Gasteiger partial charge in [-0.15, -0.1) is 0 Å². The van der Waals surface area contributed by atoms with E-state index in [4.69, 9.17) is 14.7 Å². The molecule has 4 nitrogen and oxygen atoms in total. The molecule has 0 heterocycles. The molecular weight excluding hydrogens is 216 g/mol. The van der Waals surface area contributed by atoms with Crippen molar-refractivity contribution < 1.29 is 9.47 Å². The van der Waals surface area contributed by atoms with Gasteiger partial charge in [0.1, 0.15) is 0 Å². The Morgan fingerprint density at radius 1 is 1.29 bits per heavy atom. The summed E-state index contributed by atoms with van der Waals surface area (Å²) >= 11 is 0. The van der Waals surface area contributed by atoms with Crippen LogP contribution in [0.25, 0.3) is 0 Å². The SMILES string of the molecule is COc1ccc(N(C)CC(C)C#N)cc1OC. The van der Waals surface area contributed by atoms with Crippen molar-refractivity contribution in [3.63, 3.8) is 0 Å². The first-order chi connectivity index (χ1) is 8.12. The fourth-order valence-electron chi connectivity index (χ4n) is 1.62. The second-order valence-corrected chi connectivity index (χ2v) is 3.95. The third-order valence-corrected chi connectivity index (χ3v) is 2.58. The zero-order valence-electron chi connectivity index (χ0n) is 10.7. The topological polar surface area (TPSA) is 45.5 Å². The van der Waals surface area contributed by atoms with E-state index in [1.807, 2.05) is 37.1 Å². The minimum Gasteiger partial charge on any atom is -0.493 e. The average Bonchev–Trinajstić information content (AvgIpc) is 2.37. The summed E-state index contributed by atoms with van der Waals surface area (Å²) in [4.78, 5) is 2.02. The van der Waals surface area contributed by atoms with Crippen molar-refractivity contribution in [3.05, 3.63) is 18.2 Å². The summed E-state index contributed by atoms with van der Waals surface area (Å²) in [5.74, 6) is 1.40. The van der Waals surface area contributed by atoms with Crippen LogP contribution in [0.15, 0.2) is 18.2 Å². The van der Waals surface area contributed by atoms with Crippen LogP contribution in [-0.2, 0) is 0 Å². The molecule has 0 amide bonds. The summed E-state index contributed by atoms with van der Waals surface area (Å²) in [5.41, 5.74) is 1.00. The lowest BCUT2D eigenvalue weighted by Crippen LogP contribution is -2.23. The molecule has 4 heteroatoms. The highest BCUT2D eigenvalue weighted by molar-refractivity contribution is 5.56. The van der Waals surface area contributed by atoms with Gasteiger partial charge >= 0.3 is 0 Å². The number of benzene rings is 1. The summed E-state index contributed by atoms with van der Waals surface area (Å²) < 4.78 is 10.4. The van der Waals surface area contributed by atoms with Crippen LogP contribution in [0.5, 0.6) is 11.5 Å². The predicted molar refractivity (Wildman–Crippen MR) is 67.6 cm³/mol. The lowest BCUT2D eigenvalue weighted by atomic mass is 10.2. The fraction of sp³-hybridized carbons (Fsp3) is 0.462. The molecule has 92 valence electrons. The van der Waals surface area contributed by atoms with E-state index in [0.29, 0.717) is 18.0 Å². The summed E-state index contributed by atoms with van der Waals surface area (Å²) in [6, 6.07) is 7.94. The van der Waals surface area contributed by atoms with Crippen LogP contribution in [-0.4, -0.2) is 27.8 Å². The van der Waals surface area contributed by atoms with Gasteiger partial charge in [-0.3, -0.25) is 0 Å². The molecule has 0 fully saturated rings. The van der Waals surface area contributed by atoms with Crippen LogP contribution in [0.4, 0.5) is 5.69 Å². The fourth-order valence-corrected chi connectivity index (χ4v) is 1.62. The van der Waals surface area contributed by atoms with Crippen molar-refractivity contribution in [3.8, 4) is 17.6 Å². The van der Waals surface area contributed by atoms with E-state index in [9.17, 15) is 0 Å². The van der Waals surface area contributed by atoms with Gasteiger partial charge in [0, 0.05) is 25.3 Å². The first-order valence-electron chi connectivity index (χ1n) is 5.45. The van der Waals surface area contributed by atoms with Crippen molar-refractivity contribution in [1.82, 2.24) is 0 Å². The maximum atomic E-state index is 8.79. The van der Waals surface area contributed by atoms with Gasteiger partial charge < -0.3 is 14.4 Å². The van der Waals surface area contributed by atoms with Crippen molar-refractivity contribution in [2.75, 3.05) is 32.7 Å². The molecule has 0 spiro atoms. The highest BCUT2D eigenvalue weighted by atomic mass is 16.5. The highest BCUT2D eigenvalue weighted by Gasteiger charge is 2.09. The van der Waals surface area contributed by atoms with Gasteiger partial charge in [-0.1, -0.05) is 0 Å². The van der Waals surface area contributed by atoms with Gasteiger partial charge in [0.05, 0.1) is 26.2 Å². The largest absolute Gasteiger partial charge is 0.493 e. The first-order valence-corrected chi connectivity index (χ1v) is 5.45. The Morgan fingerprint density at radius 3 is 2.47 bits per heavy atom. The smallest absolute Gasteiger partial charge is 0.162 e. The van der Waals surface area contributed by atoms with Crippen LogP contribution >= 0.6 is 0 Å². The van der Waals surface area contributed by atoms with E-state index in [1.54, 1.807) is 14.2 Å². The number of methoxy groups -OCH3 is 2. The van der Waals surface area contributed by atoms with Crippen LogP contribution in [0.2, 0.25) is 0 Å². The average molecular weight is 234 g/mol. The van der Waals surface area contributed by atoms with Gasteiger partial charge in [0.25, 0.3) is 0 Å². The van der Waals surface area contributed by atoms with Gasteiger partial charge in [-0.2, -0.15) is 5.26 Å². The molecule has 0 N–H and O–H groups in total. The Labute approximate surface area is 102 Å². The number of ether oxygens (including phenoxy) is 2. The zero-order chi connectivity index (χ0) is 12.8. The van der Waals surface area contributed by atoms with Crippen molar-refractivity contribution in [2.24, 2.45) is 5.92 Å². The summed E-state index contributed by atoms with van der Waals surface area (Å²) in [5, 5.41) is 8.79. The molecule has 0 aliphatic carbocycles. The van der Waals surface area contributed by atoms with Crippen LogP contribution < -0.4 is 14.4 Å². The molecule has 17 heavy (non-hydrogen) atoms. The number of nitriles is 1. The van der Waals surface area contributed by atoms with Gasteiger partial charge in [0.15, 0.2) is 11.5 Å². The number of hydrogen-bond acceptors (Lipinski definition) is 4. The molecule has 0 saturated heterocycles. The van der Waals surface area contributed by atoms with E-state index in [1.165, 1.54) is 0 Å². The number of rotatable bonds is 5. The predicted octanol–water partition coefficient (Wildman–Crippen LogP) is 2.30. The van der Waals surface area contributed by atoms with E-state index < -0.39 is 0 Å². The third kappa shape index (κ3) is 3.28. The number of anilines is 1. The van der Waals surface area contributed by atoms with Crippen LogP contribution in [0, 0.1) is 17.2 Å². The first kappa shape index (κ1) is 13.2. The number of nitrogens with zero attached hydrogens (tertiary/aromatic N) is 2. The number of hydrogen-bond donors (Lipinski definition) is 0. The second kappa shape index (κ2) is 6.00. The minimum atomic E-state index is -0.00639. The standard InChI is InChI=1S/C13H18N2O2/c1-10(8-14)9-15(2)11-5-6-12(16-3)13(7-11)17-4/h5-7,10H,9H2,1-4H3. The Hall–Kier alpha value is -1.89. The van der Waals surface area contributed by atoms with Crippen LogP contribution in [0.3, 0.4) is 0 Å². The van der Waals surface area contributed by atoms with E-state index in [-0.39, 0.29) is 5.92 Å². The highest BCUT2D eigenvalue weighted by Crippen LogP contribution is 2.31. The third-order valence-electron chi connectivity index (χ3n) is 2.58. The quantitative estimate of drug-likeness (QED) is 0.784. The second-order valence-electron chi connectivity index (χ2n) is 3.95. The maximum absolute atomic E-state index is 8.79.